The van der Waals surface area contributed by atoms with Gasteiger partial charge in [-0.1, -0.05) is 108 Å². The number of hydrogen-bond donors (Lipinski definition) is 5. The highest BCUT2D eigenvalue weighted by atomic mass is 16.3. The minimum Gasteiger partial charge on any atom is -0.394 e. The molecule has 228 valence electrons. The third-order valence-electron chi connectivity index (χ3n) is 7.10. The quantitative estimate of drug-likeness (QED) is 0.0445. The molecule has 39 heavy (non-hydrogen) atoms. The van der Waals surface area contributed by atoms with Crippen LogP contribution in [0.15, 0.2) is 36.5 Å². The molecule has 0 saturated carbocycles. The second-order valence-corrected chi connectivity index (χ2v) is 10.8. The maximum atomic E-state index is 12.3. The van der Waals surface area contributed by atoms with Crippen LogP contribution in [0.5, 0.6) is 0 Å². The second-order valence-electron chi connectivity index (χ2n) is 10.8. The van der Waals surface area contributed by atoms with Gasteiger partial charge in [0.2, 0.25) is 5.91 Å². The fourth-order valence-corrected chi connectivity index (χ4v) is 4.45. The highest BCUT2D eigenvalue weighted by Crippen LogP contribution is 2.12. The molecular formula is C33H61NO5. The van der Waals surface area contributed by atoms with Crippen molar-refractivity contribution in [1.29, 1.82) is 0 Å². The minimum absolute atomic E-state index is 0.343. The number of allylic oxidation sites excluding steroid dienone is 6. The summed E-state index contributed by atoms with van der Waals surface area (Å²) in [6.45, 7) is 3.91. The molecule has 0 fully saturated rings. The topological polar surface area (TPSA) is 110 Å². The van der Waals surface area contributed by atoms with E-state index in [9.17, 15) is 25.2 Å². The van der Waals surface area contributed by atoms with E-state index >= 15 is 0 Å². The molecular weight excluding hydrogens is 490 g/mol. The average molecular weight is 552 g/mol. The number of rotatable bonds is 27. The van der Waals surface area contributed by atoms with Crippen LogP contribution < -0.4 is 5.32 Å². The monoisotopic (exact) mass is 551 g/mol. The van der Waals surface area contributed by atoms with Crippen molar-refractivity contribution in [2.45, 2.75) is 160 Å². The molecule has 0 aliphatic carbocycles. The van der Waals surface area contributed by atoms with Crippen LogP contribution in [0.1, 0.15) is 136 Å². The van der Waals surface area contributed by atoms with E-state index in [1.807, 2.05) is 0 Å². The van der Waals surface area contributed by atoms with E-state index in [0.717, 1.165) is 57.8 Å². The molecule has 0 bridgehead atoms. The third-order valence-corrected chi connectivity index (χ3v) is 7.10. The number of carbonyl (C=O) groups is 1. The maximum absolute atomic E-state index is 12.3. The molecule has 0 aliphatic heterocycles. The molecule has 0 aromatic carbocycles. The SMILES string of the molecule is CCCCC/C=C\C=C/CCCCCCCC(O)C(=O)NC(CO)C(O)C(O)CCC/C=C/CCCCCC. The van der Waals surface area contributed by atoms with Gasteiger partial charge < -0.3 is 25.7 Å². The Labute approximate surface area is 239 Å². The highest BCUT2D eigenvalue weighted by molar-refractivity contribution is 5.80. The average Bonchev–Trinajstić information content (AvgIpc) is 2.94. The first kappa shape index (κ1) is 37.5. The van der Waals surface area contributed by atoms with Gasteiger partial charge in [0.1, 0.15) is 12.2 Å². The zero-order valence-corrected chi connectivity index (χ0v) is 25.1. The van der Waals surface area contributed by atoms with E-state index in [-0.39, 0.29) is 0 Å². The molecule has 0 aromatic heterocycles. The van der Waals surface area contributed by atoms with Crippen LogP contribution in [0.2, 0.25) is 0 Å². The Morgan fingerprint density at radius 2 is 1.13 bits per heavy atom. The summed E-state index contributed by atoms with van der Waals surface area (Å²) >= 11 is 0. The largest absolute Gasteiger partial charge is 0.394 e. The van der Waals surface area contributed by atoms with Crippen molar-refractivity contribution in [3.63, 3.8) is 0 Å². The number of aliphatic hydroxyl groups is 4. The van der Waals surface area contributed by atoms with Crippen LogP contribution >= 0.6 is 0 Å². The highest BCUT2D eigenvalue weighted by Gasteiger charge is 2.28. The number of nitrogens with one attached hydrogen (secondary N) is 1. The molecule has 6 heteroatoms. The van der Waals surface area contributed by atoms with Gasteiger partial charge in [-0.2, -0.15) is 0 Å². The van der Waals surface area contributed by atoms with Crippen molar-refractivity contribution >= 4 is 5.91 Å². The Morgan fingerprint density at radius 1 is 0.641 bits per heavy atom. The summed E-state index contributed by atoms with van der Waals surface area (Å²) in [7, 11) is 0. The molecule has 0 radical (unpaired) electrons. The number of aliphatic hydroxyl groups excluding tert-OH is 4. The zero-order valence-electron chi connectivity index (χ0n) is 25.1. The van der Waals surface area contributed by atoms with Gasteiger partial charge in [0.05, 0.1) is 18.8 Å². The molecule has 0 spiro atoms. The van der Waals surface area contributed by atoms with Crippen molar-refractivity contribution in [2.75, 3.05) is 6.61 Å². The van der Waals surface area contributed by atoms with Crippen LogP contribution in [-0.2, 0) is 4.79 Å². The zero-order chi connectivity index (χ0) is 29.0. The summed E-state index contributed by atoms with van der Waals surface area (Å²) in [5.41, 5.74) is 0. The first-order chi connectivity index (χ1) is 19.0. The molecule has 4 unspecified atom stereocenters. The Balaban J connectivity index is 3.98. The van der Waals surface area contributed by atoms with Crippen LogP contribution in [0.4, 0.5) is 0 Å². The molecule has 0 saturated heterocycles. The molecule has 5 N–H and O–H groups in total. The summed E-state index contributed by atoms with van der Waals surface area (Å²) in [5.74, 6) is -0.612. The van der Waals surface area contributed by atoms with Crippen LogP contribution in [0.25, 0.3) is 0 Å². The lowest BCUT2D eigenvalue weighted by molar-refractivity contribution is -0.132. The number of hydrogen-bond acceptors (Lipinski definition) is 5. The summed E-state index contributed by atoms with van der Waals surface area (Å²) < 4.78 is 0. The summed E-state index contributed by atoms with van der Waals surface area (Å²) in [6.07, 6.45) is 28.8. The van der Waals surface area contributed by atoms with Gasteiger partial charge >= 0.3 is 0 Å². The predicted octanol–water partition coefficient (Wildman–Crippen LogP) is 6.67. The van der Waals surface area contributed by atoms with Gasteiger partial charge in [0.15, 0.2) is 0 Å². The van der Waals surface area contributed by atoms with Gasteiger partial charge in [0.25, 0.3) is 0 Å². The summed E-state index contributed by atoms with van der Waals surface area (Å²) in [4.78, 5) is 12.3. The van der Waals surface area contributed by atoms with E-state index < -0.39 is 36.9 Å². The molecule has 0 aliphatic rings. The van der Waals surface area contributed by atoms with Gasteiger partial charge in [-0.15, -0.1) is 0 Å². The number of unbranched alkanes of at least 4 members (excludes halogenated alkanes) is 13. The standard InChI is InChI=1S/C33H61NO5/c1-3-5-7-9-11-13-14-15-16-17-19-21-23-25-27-31(37)33(39)34-29(28-35)32(38)30(36)26-24-22-20-18-12-10-8-6-4-2/h11,13-15,18,20,29-32,35-38H,3-10,12,16-17,19,21-28H2,1-2H3,(H,34,39)/b13-11-,15-14-,20-18+. The van der Waals surface area contributed by atoms with Gasteiger partial charge in [0, 0.05) is 0 Å². The molecule has 0 rings (SSSR count). The summed E-state index contributed by atoms with van der Waals surface area (Å²) in [6, 6.07) is -1.00. The predicted molar refractivity (Wildman–Crippen MR) is 164 cm³/mol. The molecule has 6 nitrogen and oxygen atoms in total. The minimum atomic E-state index is -1.28. The van der Waals surface area contributed by atoms with Crippen molar-refractivity contribution in [3.05, 3.63) is 36.5 Å². The van der Waals surface area contributed by atoms with Gasteiger partial charge in [-0.05, 0) is 64.2 Å². The van der Waals surface area contributed by atoms with Crippen molar-refractivity contribution in [2.24, 2.45) is 0 Å². The van der Waals surface area contributed by atoms with Gasteiger partial charge in [-0.25, -0.2) is 0 Å². The van der Waals surface area contributed by atoms with Crippen molar-refractivity contribution < 1.29 is 25.2 Å². The fraction of sp³-hybridized carbons (Fsp3) is 0.788. The van der Waals surface area contributed by atoms with Gasteiger partial charge in [-0.3, -0.25) is 4.79 Å². The maximum Gasteiger partial charge on any atom is 0.249 e. The summed E-state index contributed by atoms with van der Waals surface area (Å²) in [5, 5.41) is 43.1. The Morgan fingerprint density at radius 3 is 1.74 bits per heavy atom. The Hall–Kier alpha value is -1.47. The van der Waals surface area contributed by atoms with E-state index in [2.05, 4.69) is 55.6 Å². The smallest absolute Gasteiger partial charge is 0.249 e. The van der Waals surface area contributed by atoms with E-state index in [1.165, 1.54) is 44.9 Å². The first-order valence-corrected chi connectivity index (χ1v) is 15.9. The second kappa shape index (κ2) is 28.1. The van der Waals surface area contributed by atoms with E-state index in [1.54, 1.807) is 0 Å². The lowest BCUT2D eigenvalue weighted by Gasteiger charge is -2.27. The number of carbonyl (C=O) groups excluding carboxylic acids is 1. The first-order valence-electron chi connectivity index (χ1n) is 15.9. The fourth-order valence-electron chi connectivity index (χ4n) is 4.45. The van der Waals surface area contributed by atoms with E-state index in [4.69, 9.17) is 0 Å². The van der Waals surface area contributed by atoms with Crippen LogP contribution in [0.3, 0.4) is 0 Å². The van der Waals surface area contributed by atoms with Crippen LogP contribution in [-0.4, -0.2) is 57.3 Å². The molecule has 0 aromatic rings. The third kappa shape index (κ3) is 23.0. The number of amides is 1. The normalized spacial score (nSPS) is 15.3. The van der Waals surface area contributed by atoms with Crippen molar-refractivity contribution in [1.82, 2.24) is 5.32 Å². The van der Waals surface area contributed by atoms with E-state index in [0.29, 0.717) is 19.3 Å². The Kier molecular flexibility index (Phi) is 27.0. The van der Waals surface area contributed by atoms with Crippen LogP contribution in [0, 0.1) is 0 Å². The lowest BCUT2D eigenvalue weighted by atomic mass is 10.00. The van der Waals surface area contributed by atoms with Crippen molar-refractivity contribution in [3.8, 4) is 0 Å². The molecule has 4 atom stereocenters. The molecule has 1 amide bonds. The molecule has 0 heterocycles. The Bertz CT molecular complexity index is 634. The lowest BCUT2D eigenvalue weighted by Crippen LogP contribution is -2.53.